The highest BCUT2D eigenvalue weighted by atomic mass is 16.7. The van der Waals surface area contributed by atoms with Gasteiger partial charge < -0.3 is 14.8 Å². The highest BCUT2D eigenvalue weighted by Crippen LogP contribution is 2.23. The Hall–Kier alpha value is -2.44. The van der Waals surface area contributed by atoms with E-state index in [2.05, 4.69) is 5.32 Å². The zero-order chi connectivity index (χ0) is 17.4. The van der Waals surface area contributed by atoms with Crippen LogP contribution in [-0.4, -0.2) is 31.0 Å². The number of fused-ring (bicyclic) bond motifs is 1. The molecule has 0 bridgehead atoms. The van der Waals surface area contributed by atoms with Crippen molar-refractivity contribution in [2.24, 2.45) is 0 Å². The van der Waals surface area contributed by atoms with Crippen LogP contribution in [-0.2, 0) is 9.47 Å². The van der Waals surface area contributed by atoms with Gasteiger partial charge in [-0.1, -0.05) is 42.5 Å². The van der Waals surface area contributed by atoms with Gasteiger partial charge in [-0.05, 0) is 24.6 Å². The smallest absolute Gasteiger partial charge is 0.258 e. The average Bonchev–Trinajstić information content (AvgIpc) is 2.58. The molecule has 2 aromatic rings. The maximum Gasteiger partial charge on any atom is 0.258 e. The normalized spacial score (nSPS) is 11.9. The standard InChI is InChI=1S/C18H22N2O4/c1-3-23-18(24-4-2)12-19-17(13-20(21)22)16-11-7-9-14-8-5-6-10-15(14)16/h5-11,13,18-19H,3-4,12H2,1-2H3. The number of hydrogen-bond acceptors (Lipinski definition) is 5. The van der Waals surface area contributed by atoms with Crippen molar-refractivity contribution >= 4 is 16.5 Å². The number of ether oxygens (including phenoxy) is 2. The molecular weight excluding hydrogens is 308 g/mol. The van der Waals surface area contributed by atoms with Gasteiger partial charge in [0.2, 0.25) is 0 Å². The Morgan fingerprint density at radius 2 is 1.83 bits per heavy atom. The second kappa shape index (κ2) is 9.00. The summed E-state index contributed by atoms with van der Waals surface area (Å²) in [6, 6.07) is 13.5. The number of nitro groups is 1. The maximum absolute atomic E-state index is 11.0. The van der Waals surface area contributed by atoms with Gasteiger partial charge >= 0.3 is 0 Å². The summed E-state index contributed by atoms with van der Waals surface area (Å²) < 4.78 is 11.0. The minimum absolute atomic E-state index is 0.324. The molecule has 0 aliphatic rings. The predicted octanol–water partition coefficient (Wildman–Crippen LogP) is 3.40. The van der Waals surface area contributed by atoms with Gasteiger partial charge in [0.25, 0.3) is 6.20 Å². The molecule has 0 saturated carbocycles. The number of nitrogens with zero attached hydrogens (tertiary/aromatic N) is 1. The third-order valence-corrected chi connectivity index (χ3v) is 3.48. The Morgan fingerprint density at radius 3 is 2.50 bits per heavy atom. The molecule has 0 radical (unpaired) electrons. The van der Waals surface area contributed by atoms with Crippen LogP contribution >= 0.6 is 0 Å². The highest BCUT2D eigenvalue weighted by molar-refractivity contribution is 5.93. The number of nitrogens with one attached hydrogen (secondary N) is 1. The van der Waals surface area contributed by atoms with E-state index in [0.717, 1.165) is 22.5 Å². The van der Waals surface area contributed by atoms with Gasteiger partial charge in [-0.15, -0.1) is 0 Å². The summed E-state index contributed by atoms with van der Waals surface area (Å²) in [5, 5.41) is 16.1. The van der Waals surface area contributed by atoms with Gasteiger partial charge in [0.05, 0.1) is 11.5 Å². The molecule has 0 atom stereocenters. The Balaban J connectivity index is 2.30. The van der Waals surface area contributed by atoms with Crippen LogP contribution in [0.25, 0.3) is 16.5 Å². The van der Waals surface area contributed by atoms with Crippen LogP contribution in [0.4, 0.5) is 0 Å². The molecule has 0 aliphatic heterocycles. The first-order chi connectivity index (χ1) is 11.7. The van der Waals surface area contributed by atoms with Crippen molar-refractivity contribution in [1.29, 1.82) is 0 Å². The van der Waals surface area contributed by atoms with E-state index in [0.29, 0.717) is 25.5 Å². The van der Waals surface area contributed by atoms with Crippen molar-refractivity contribution < 1.29 is 14.4 Å². The first-order valence-corrected chi connectivity index (χ1v) is 7.96. The summed E-state index contributed by atoms with van der Waals surface area (Å²) in [6.45, 7) is 5.10. The molecule has 0 saturated heterocycles. The van der Waals surface area contributed by atoms with E-state index in [9.17, 15) is 10.1 Å². The molecule has 0 heterocycles. The predicted molar refractivity (Wildman–Crippen MR) is 94.0 cm³/mol. The molecule has 0 aromatic heterocycles. The van der Waals surface area contributed by atoms with E-state index >= 15 is 0 Å². The van der Waals surface area contributed by atoms with Gasteiger partial charge in [0.15, 0.2) is 6.29 Å². The zero-order valence-electron chi connectivity index (χ0n) is 13.9. The van der Waals surface area contributed by atoms with Crippen molar-refractivity contribution in [3.8, 4) is 0 Å². The summed E-state index contributed by atoms with van der Waals surface area (Å²) in [5.41, 5.74) is 1.21. The SMILES string of the molecule is CCOC(CNC(=C[N+](=O)[O-])c1cccc2ccccc12)OCC. The van der Waals surface area contributed by atoms with Crippen LogP contribution in [0, 0.1) is 10.1 Å². The van der Waals surface area contributed by atoms with E-state index in [4.69, 9.17) is 9.47 Å². The Labute approximate surface area is 141 Å². The largest absolute Gasteiger partial charge is 0.374 e. The molecule has 0 fully saturated rings. The third kappa shape index (κ3) is 4.78. The van der Waals surface area contributed by atoms with E-state index in [1.54, 1.807) is 0 Å². The second-order valence-electron chi connectivity index (χ2n) is 5.08. The monoisotopic (exact) mass is 330 g/mol. The molecule has 2 aromatic carbocycles. The van der Waals surface area contributed by atoms with E-state index in [1.807, 2.05) is 56.3 Å². The Bertz CT molecular complexity index is 704. The molecule has 6 heteroatoms. The van der Waals surface area contributed by atoms with Crippen LogP contribution in [0.15, 0.2) is 48.7 Å². The minimum atomic E-state index is -0.458. The molecule has 2 rings (SSSR count). The topological polar surface area (TPSA) is 73.6 Å². The number of hydrogen-bond donors (Lipinski definition) is 1. The molecule has 0 spiro atoms. The summed E-state index contributed by atoms with van der Waals surface area (Å²) in [6.07, 6.45) is 0.529. The average molecular weight is 330 g/mol. The lowest BCUT2D eigenvalue weighted by Gasteiger charge is -2.19. The van der Waals surface area contributed by atoms with Crippen molar-refractivity contribution in [3.05, 3.63) is 64.3 Å². The van der Waals surface area contributed by atoms with Crippen LogP contribution in [0.1, 0.15) is 19.4 Å². The minimum Gasteiger partial charge on any atom is -0.374 e. The van der Waals surface area contributed by atoms with E-state index in [1.165, 1.54) is 0 Å². The fraction of sp³-hybridized carbons (Fsp3) is 0.333. The fourth-order valence-electron chi connectivity index (χ4n) is 2.51. The molecular formula is C18H22N2O4. The Kier molecular flexibility index (Phi) is 6.72. The molecule has 0 amide bonds. The van der Waals surface area contributed by atoms with Crippen LogP contribution in [0.2, 0.25) is 0 Å². The van der Waals surface area contributed by atoms with E-state index in [-0.39, 0.29) is 0 Å². The maximum atomic E-state index is 11.0. The van der Waals surface area contributed by atoms with Gasteiger partial charge in [-0.3, -0.25) is 10.1 Å². The summed E-state index contributed by atoms with van der Waals surface area (Å²) in [4.78, 5) is 10.6. The lowest BCUT2D eigenvalue weighted by molar-refractivity contribution is -0.401. The summed E-state index contributed by atoms with van der Waals surface area (Å²) in [5.74, 6) is 0. The quantitative estimate of drug-likeness (QED) is 0.433. The van der Waals surface area contributed by atoms with Gasteiger partial charge in [-0.2, -0.15) is 0 Å². The van der Waals surface area contributed by atoms with Crippen molar-refractivity contribution in [1.82, 2.24) is 5.32 Å². The van der Waals surface area contributed by atoms with Gasteiger partial charge in [0, 0.05) is 18.8 Å². The molecule has 1 N–H and O–H groups in total. The van der Waals surface area contributed by atoms with Gasteiger partial charge in [-0.25, -0.2) is 0 Å². The molecule has 6 nitrogen and oxygen atoms in total. The fourth-order valence-corrected chi connectivity index (χ4v) is 2.51. The second-order valence-corrected chi connectivity index (χ2v) is 5.08. The zero-order valence-corrected chi connectivity index (χ0v) is 13.9. The first kappa shape index (κ1) is 17.9. The van der Waals surface area contributed by atoms with Crippen molar-refractivity contribution in [2.45, 2.75) is 20.1 Å². The van der Waals surface area contributed by atoms with E-state index < -0.39 is 11.2 Å². The number of rotatable bonds is 9. The third-order valence-electron chi connectivity index (χ3n) is 3.48. The van der Waals surface area contributed by atoms with Crippen molar-refractivity contribution in [2.75, 3.05) is 19.8 Å². The summed E-state index contributed by atoms with van der Waals surface area (Å²) in [7, 11) is 0. The number of benzene rings is 2. The van der Waals surface area contributed by atoms with Crippen LogP contribution in [0.5, 0.6) is 0 Å². The Morgan fingerprint density at radius 1 is 1.17 bits per heavy atom. The van der Waals surface area contributed by atoms with Crippen LogP contribution < -0.4 is 5.32 Å². The lowest BCUT2D eigenvalue weighted by atomic mass is 10.0. The highest BCUT2D eigenvalue weighted by Gasteiger charge is 2.14. The van der Waals surface area contributed by atoms with Crippen molar-refractivity contribution in [3.63, 3.8) is 0 Å². The molecule has 24 heavy (non-hydrogen) atoms. The summed E-state index contributed by atoms with van der Waals surface area (Å²) >= 11 is 0. The molecule has 128 valence electrons. The lowest BCUT2D eigenvalue weighted by Crippen LogP contribution is -2.31. The van der Waals surface area contributed by atoms with Crippen LogP contribution in [0.3, 0.4) is 0 Å². The van der Waals surface area contributed by atoms with Gasteiger partial charge in [0.1, 0.15) is 5.70 Å². The molecule has 0 aliphatic carbocycles. The molecule has 0 unspecified atom stereocenters. The first-order valence-electron chi connectivity index (χ1n) is 7.96.